The van der Waals surface area contributed by atoms with Gasteiger partial charge in [0.2, 0.25) is 0 Å². The van der Waals surface area contributed by atoms with E-state index in [9.17, 15) is 51.1 Å². The lowest BCUT2D eigenvalue weighted by Crippen LogP contribution is -2.62. The van der Waals surface area contributed by atoms with Crippen LogP contribution in [0.3, 0.4) is 0 Å². The molecular weight excluding hydrogens is 456 g/mol. The Kier molecular flexibility index (Phi) is 9.35. The van der Waals surface area contributed by atoms with Crippen LogP contribution in [0.25, 0.3) is 0 Å². The Bertz CT molecular complexity index is 607. The fourth-order valence-electron chi connectivity index (χ4n) is 3.94. The summed E-state index contributed by atoms with van der Waals surface area (Å²) in [6.07, 6.45) is -21.1. The van der Waals surface area contributed by atoms with E-state index in [4.69, 9.17) is 23.7 Å². The Morgan fingerprint density at radius 2 is 1.09 bits per heavy atom. The number of aliphatic hydroxyl groups excluding tert-OH is 10. The minimum absolute atomic E-state index is 0.271. The van der Waals surface area contributed by atoms with Crippen LogP contribution < -0.4 is 0 Å². The van der Waals surface area contributed by atoms with Crippen molar-refractivity contribution in [1.29, 1.82) is 0 Å². The third-order valence-electron chi connectivity index (χ3n) is 5.96. The van der Waals surface area contributed by atoms with Gasteiger partial charge in [-0.15, -0.1) is 0 Å². The summed E-state index contributed by atoms with van der Waals surface area (Å²) in [5, 5.41) is 98.6. The zero-order valence-corrected chi connectivity index (χ0v) is 17.4. The van der Waals surface area contributed by atoms with E-state index in [1.807, 2.05) is 0 Å². The predicted molar refractivity (Wildman–Crippen MR) is 99.9 cm³/mol. The van der Waals surface area contributed by atoms with Crippen LogP contribution in [-0.2, 0) is 23.7 Å². The molecule has 0 aromatic heterocycles. The molecule has 14 atom stereocenters. The molecule has 0 bridgehead atoms. The first-order valence-corrected chi connectivity index (χ1v) is 10.5. The molecule has 0 amide bonds. The summed E-state index contributed by atoms with van der Waals surface area (Å²) in [6, 6.07) is 0. The Morgan fingerprint density at radius 1 is 0.576 bits per heavy atom. The van der Waals surface area contributed by atoms with Gasteiger partial charge < -0.3 is 74.7 Å². The molecule has 15 heteroatoms. The molecule has 3 saturated heterocycles. The molecule has 0 unspecified atom stereocenters. The summed E-state index contributed by atoms with van der Waals surface area (Å²) in [6.45, 7) is -1.84. The smallest absolute Gasteiger partial charge is 0.187 e. The van der Waals surface area contributed by atoms with E-state index in [-0.39, 0.29) is 6.42 Å². The zero-order valence-electron chi connectivity index (χ0n) is 17.4. The van der Waals surface area contributed by atoms with Gasteiger partial charge in [0.05, 0.1) is 25.9 Å². The summed E-state index contributed by atoms with van der Waals surface area (Å²) in [5.41, 5.74) is 0. The molecule has 0 radical (unpaired) electrons. The molecule has 3 aliphatic rings. The van der Waals surface area contributed by atoms with E-state index >= 15 is 0 Å². The fraction of sp³-hybridized carbons (Fsp3) is 1.00. The molecule has 15 nitrogen and oxygen atoms in total. The SMILES string of the molecule is OC[C@H]1O[C@H](OC[C@H]2O[C@@H](O)C[C@@H](O[C@H]3O[C@H](CO)[C@@H](O)[C@H](O)[C@@H]3O)[C@@H]2O)[C@@H](O)[C@@H](O)[C@@H]1O. The van der Waals surface area contributed by atoms with Crippen molar-refractivity contribution in [3.05, 3.63) is 0 Å². The van der Waals surface area contributed by atoms with Gasteiger partial charge in [-0.3, -0.25) is 0 Å². The van der Waals surface area contributed by atoms with Crippen LogP contribution in [0.2, 0.25) is 0 Å². The van der Waals surface area contributed by atoms with Gasteiger partial charge in [-0.1, -0.05) is 0 Å². The second-order valence-electron chi connectivity index (χ2n) is 8.26. The standard InChI is InChI=1S/C18H32O15/c19-2-6-11(23)13(25)15(27)17(32-6)29-4-8-10(22)5(1-9(21)30-8)31-18-16(28)14(26)12(24)7(3-20)33-18/h5-28H,1-4H2/t5-,6-,7-,8-,9-,10+,11-,12-,13+,14+,15+,16+,17+,18+/m1/s1. The van der Waals surface area contributed by atoms with E-state index < -0.39 is 106 Å². The topological polar surface area (TPSA) is 248 Å². The maximum Gasteiger partial charge on any atom is 0.187 e. The molecular formula is C18H32O15. The monoisotopic (exact) mass is 488 g/mol. The molecule has 10 N–H and O–H groups in total. The summed E-state index contributed by atoms with van der Waals surface area (Å²) in [7, 11) is 0. The molecule has 0 aromatic rings. The minimum atomic E-state index is -1.72. The van der Waals surface area contributed by atoms with Crippen LogP contribution in [0.15, 0.2) is 0 Å². The Hall–Kier alpha value is -0.600. The summed E-state index contributed by atoms with van der Waals surface area (Å²) < 4.78 is 26.5. The van der Waals surface area contributed by atoms with Gasteiger partial charge in [-0.05, 0) is 0 Å². The molecule has 194 valence electrons. The summed E-state index contributed by atoms with van der Waals surface area (Å²) in [5.74, 6) is 0. The molecule has 0 aliphatic carbocycles. The lowest BCUT2D eigenvalue weighted by atomic mass is 9.98. The third-order valence-corrected chi connectivity index (χ3v) is 5.96. The fourth-order valence-corrected chi connectivity index (χ4v) is 3.94. The molecule has 0 saturated carbocycles. The highest BCUT2D eigenvalue weighted by Crippen LogP contribution is 2.29. The maximum absolute atomic E-state index is 10.6. The lowest BCUT2D eigenvalue weighted by molar-refractivity contribution is -0.343. The van der Waals surface area contributed by atoms with Gasteiger partial charge in [-0.2, -0.15) is 0 Å². The van der Waals surface area contributed by atoms with Crippen molar-refractivity contribution in [3.8, 4) is 0 Å². The van der Waals surface area contributed by atoms with Crippen molar-refractivity contribution in [3.63, 3.8) is 0 Å². The van der Waals surface area contributed by atoms with Crippen molar-refractivity contribution >= 4 is 0 Å². The van der Waals surface area contributed by atoms with E-state index in [1.165, 1.54) is 0 Å². The number of ether oxygens (including phenoxy) is 5. The normalized spacial score (nSPS) is 51.5. The highest BCUT2D eigenvalue weighted by Gasteiger charge is 2.48. The second kappa shape index (κ2) is 11.4. The first-order chi connectivity index (χ1) is 15.6. The average Bonchev–Trinajstić information content (AvgIpc) is 2.79. The van der Waals surface area contributed by atoms with Crippen molar-refractivity contribution in [1.82, 2.24) is 0 Å². The molecule has 3 aliphatic heterocycles. The molecule has 3 heterocycles. The maximum atomic E-state index is 10.6. The van der Waals surface area contributed by atoms with Crippen molar-refractivity contribution < 1.29 is 74.7 Å². The lowest BCUT2D eigenvalue weighted by Gasteiger charge is -2.44. The van der Waals surface area contributed by atoms with E-state index in [0.29, 0.717) is 0 Å². The van der Waals surface area contributed by atoms with Gasteiger partial charge in [0.1, 0.15) is 61.0 Å². The Balaban J connectivity index is 1.61. The Labute approximate surface area is 187 Å². The minimum Gasteiger partial charge on any atom is -0.394 e. The first kappa shape index (κ1) is 27.0. The van der Waals surface area contributed by atoms with Crippen LogP contribution in [-0.4, -0.2) is 157 Å². The zero-order chi connectivity index (χ0) is 24.4. The highest BCUT2D eigenvalue weighted by atomic mass is 16.7. The van der Waals surface area contributed by atoms with Crippen molar-refractivity contribution in [2.45, 2.75) is 92.4 Å². The van der Waals surface area contributed by atoms with Gasteiger partial charge in [0.25, 0.3) is 0 Å². The number of rotatable bonds is 7. The third kappa shape index (κ3) is 5.80. The predicted octanol–water partition coefficient (Wildman–Crippen LogP) is -6.54. The van der Waals surface area contributed by atoms with Crippen LogP contribution >= 0.6 is 0 Å². The highest BCUT2D eigenvalue weighted by molar-refractivity contribution is 4.92. The molecule has 3 fully saturated rings. The van der Waals surface area contributed by atoms with Crippen LogP contribution in [0.1, 0.15) is 6.42 Å². The summed E-state index contributed by atoms with van der Waals surface area (Å²) in [4.78, 5) is 0. The molecule has 0 aromatic carbocycles. The summed E-state index contributed by atoms with van der Waals surface area (Å²) >= 11 is 0. The Morgan fingerprint density at radius 3 is 1.64 bits per heavy atom. The van der Waals surface area contributed by atoms with Gasteiger partial charge in [0, 0.05) is 6.42 Å². The number of aliphatic hydroxyl groups is 10. The number of hydrogen-bond acceptors (Lipinski definition) is 15. The quantitative estimate of drug-likeness (QED) is 0.160. The van der Waals surface area contributed by atoms with E-state index in [2.05, 4.69) is 0 Å². The average molecular weight is 488 g/mol. The molecule has 33 heavy (non-hydrogen) atoms. The van der Waals surface area contributed by atoms with Gasteiger partial charge in [-0.25, -0.2) is 0 Å². The van der Waals surface area contributed by atoms with E-state index in [1.54, 1.807) is 0 Å². The van der Waals surface area contributed by atoms with E-state index in [0.717, 1.165) is 0 Å². The van der Waals surface area contributed by atoms with Crippen molar-refractivity contribution in [2.24, 2.45) is 0 Å². The number of hydrogen-bond donors (Lipinski definition) is 10. The molecule has 3 rings (SSSR count). The van der Waals surface area contributed by atoms with Gasteiger partial charge >= 0.3 is 0 Å². The van der Waals surface area contributed by atoms with Crippen molar-refractivity contribution in [2.75, 3.05) is 19.8 Å². The second-order valence-corrected chi connectivity index (χ2v) is 8.26. The van der Waals surface area contributed by atoms with Crippen LogP contribution in [0.4, 0.5) is 0 Å². The van der Waals surface area contributed by atoms with Crippen LogP contribution in [0.5, 0.6) is 0 Å². The largest absolute Gasteiger partial charge is 0.394 e. The van der Waals surface area contributed by atoms with Gasteiger partial charge in [0.15, 0.2) is 18.9 Å². The van der Waals surface area contributed by atoms with Crippen LogP contribution in [0, 0.1) is 0 Å². The molecule has 0 spiro atoms. The first-order valence-electron chi connectivity index (χ1n) is 10.5.